The maximum Gasteiger partial charge on any atom is 0.115 e. The lowest BCUT2D eigenvalue weighted by atomic mass is 9.98. The Morgan fingerprint density at radius 1 is 1.33 bits per heavy atom. The van der Waals surface area contributed by atoms with Crippen molar-refractivity contribution in [2.45, 2.75) is 32.7 Å². The number of halogens is 1. The maximum absolute atomic E-state index is 9.39. The molecule has 0 heterocycles. The van der Waals surface area contributed by atoms with Gasteiger partial charge in [0.05, 0.1) is 0 Å². The molecule has 0 bridgehead atoms. The van der Waals surface area contributed by atoms with Crippen molar-refractivity contribution in [2.24, 2.45) is 11.7 Å². The van der Waals surface area contributed by atoms with Crippen molar-refractivity contribution in [2.75, 3.05) is 0 Å². The van der Waals surface area contributed by atoms with Crippen LogP contribution in [0.1, 0.15) is 38.3 Å². The molecular weight excluding hydrogens is 254 g/mol. The lowest BCUT2D eigenvalue weighted by molar-refractivity contribution is 0.470. The lowest BCUT2D eigenvalue weighted by Gasteiger charge is -2.15. The minimum absolute atomic E-state index is 0.00567. The summed E-state index contributed by atoms with van der Waals surface area (Å²) in [5.41, 5.74) is 7.05. The van der Waals surface area contributed by atoms with Gasteiger partial charge in [-0.15, -0.1) is 0 Å². The van der Waals surface area contributed by atoms with Gasteiger partial charge in [0, 0.05) is 10.5 Å². The Hall–Kier alpha value is -0.540. The molecule has 0 aliphatic carbocycles. The topological polar surface area (TPSA) is 46.2 Å². The zero-order valence-corrected chi connectivity index (χ0v) is 10.8. The average Bonchev–Trinajstić information content (AvgIpc) is 2.18. The van der Waals surface area contributed by atoms with Crippen LogP contribution >= 0.6 is 15.9 Å². The molecule has 0 fully saturated rings. The van der Waals surface area contributed by atoms with E-state index in [1.807, 2.05) is 6.07 Å². The van der Waals surface area contributed by atoms with Crippen molar-refractivity contribution in [3.63, 3.8) is 0 Å². The van der Waals surface area contributed by atoms with Gasteiger partial charge >= 0.3 is 0 Å². The summed E-state index contributed by atoms with van der Waals surface area (Å²) in [7, 11) is 0. The number of rotatable bonds is 4. The highest BCUT2D eigenvalue weighted by Crippen LogP contribution is 2.28. The lowest BCUT2D eigenvalue weighted by Crippen LogP contribution is -2.11. The predicted octanol–water partition coefficient (Wildman–Crippen LogP) is 3.59. The van der Waals surface area contributed by atoms with Gasteiger partial charge in [-0.2, -0.15) is 0 Å². The van der Waals surface area contributed by atoms with Gasteiger partial charge in [-0.05, 0) is 42.5 Å². The van der Waals surface area contributed by atoms with E-state index in [0.29, 0.717) is 5.92 Å². The highest BCUT2D eigenvalue weighted by Gasteiger charge is 2.11. The van der Waals surface area contributed by atoms with Gasteiger partial charge in [-0.1, -0.05) is 29.8 Å². The Morgan fingerprint density at radius 2 is 2.00 bits per heavy atom. The molecule has 0 saturated carbocycles. The molecule has 0 aromatic heterocycles. The average molecular weight is 272 g/mol. The molecule has 1 rings (SSSR count). The van der Waals surface area contributed by atoms with Gasteiger partial charge in [0.2, 0.25) is 0 Å². The molecule has 0 radical (unpaired) electrons. The molecule has 3 heteroatoms. The van der Waals surface area contributed by atoms with E-state index in [1.165, 1.54) is 0 Å². The van der Waals surface area contributed by atoms with Crippen LogP contribution in [-0.2, 0) is 0 Å². The van der Waals surface area contributed by atoms with Crippen molar-refractivity contribution in [1.82, 2.24) is 0 Å². The molecule has 1 aromatic rings. The SMILES string of the molecule is CC(C)CC[C@H](N)c1cc(O)ccc1Br. The number of aromatic hydroxyl groups is 1. The molecular formula is C12H18BrNO. The summed E-state index contributed by atoms with van der Waals surface area (Å²) in [4.78, 5) is 0. The molecule has 15 heavy (non-hydrogen) atoms. The Labute approximate surface area is 99.6 Å². The molecule has 0 amide bonds. The molecule has 0 spiro atoms. The number of phenolic OH excluding ortho intramolecular Hbond substituents is 1. The second-order valence-corrected chi connectivity index (χ2v) is 5.14. The number of benzene rings is 1. The Kier molecular flexibility index (Phi) is 4.61. The Bertz CT molecular complexity index is 325. The van der Waals surface area contributed by atoms with Crippen LogP contribution in [0.3, 0.4) is 0 Å². The van der Waals surface area contributed by atoms with E-state index in [2.05, 4.69) is 29.8 Å². The summed E-state index contributed by atoms with van der Waals surface area (Å²) in [6.07, 6.45) is 2.04. The normalized spacial score (nSPS) is 13.1. The van der Waals surface area contributed by atoms with Crippen molar-refractivity contribution >= 4 is 15.9 Å². The molecule has 0 aliphatic heterocycles. The van der Waals surface area contributed by atoms with Crippen LogP contribution in [0.2, 0.25) is 0 Å². The summed E-state index contributed by atoms with van der Waals surface area (Å²) in [6.45, 7) is 4.37. The second kappa shape index (κ2) is 5.52. The molecule has 1 aromatic carbocycles. The molecule has 3 N–H and O–H groups in total. The standard InChI is InChI=1S/C12H18BrNO/c1-8(2)3-6-12(14)10-7-9(15)4-5-11(10)13/h4-5,7-8,12,15H,3,6,14H2,1-2H3/t12-/m0/s1. The first-order valence-electron chi connectivity index (χ1n) is 5.24. The monoisotopic (exact) mass is 271 g/mol. The van der Waals surface area contributed by atoms with E-state index in [4.69, 9.17) is 5.73 Å². The van der Waals surface area contributed by atoms with Crippen LogP contribution in [0.4, 0.5) is 0 Å². The van der Waals surface area contributed by atoms with Crippen LogP contribution < -0.4 is 5.73 Å². The smallest absolute Gasteiger partial charge is 0.115 e. The first kappa shape index (κ1) is 12.5. The Morgan fingerprint density at radius 3 is 2.60 bits per heavy atom. The fourth-order valence-electron chi connectivity index (χ4n) is 1.48. The minimum atomic E-state index is -0.00567. The molecule has 2 nitrogen and oxygen atoms in total. The summed E-state index contributed by atoms with van der Waals surface area (Å²) in [6, 6.07) is 5.21. The van der Waals surface area contributed by atoms with E-state index in [9.17, 15) is 5.11 Å². The highest BCUT2D eigenvalue weighted by molar-refractivity contribution is 9.10. The second-order valence-electron chi connectivity index (χ2n) is 4.28. The van der Waals surface area contributed by atoms with Crippen molar-refractivity contribution in [3.8, 4) is 5.75 Å². The largest absolute Gasteiger partial charge is 0.508 e. The van der Waals surface area contributed by atoms with Gasteiger partial charge in [0.25, 0.3) is 0 Å². The van der Waals surface area contributed by atoms with Crippen LogP contribution in [0, 0.1) is 5.92 Å². The summed E-state index contributed by atoms with van der Waals surface area (Å²) in [5, 5.41) is 9.39. The number of phenols is 1. The van der Waals surface area contributed by atoms with Crippen LogP contribution in [0.25, 0.3) is 0 Å². The predicted molar refractivity (Wildman–Crippen MR) is 66.8 cm³/mol. The maximum atomic E-state index is 9.39. The fraction of sp³-hybridized carbons (Fsp3) is 0.500. The van der Waals surface area contributed by atoms with Crippen molar-refractivity contribution in [3.05, 3.63) is 28.2 Å². The number of nitrogens with two attached hydrogens (primary N) is 1. The zero-order valence-electron chi connectivity index (χ0n) is 9.20. The van der Waals surface area contributed by atoms with Crippen molar-refractivity contribution < 1.29 is 5.11 Å². The summed E-state index contributed by atoms with van der Waals surface area (Å²) in [5.74, 6) is 0.931. The van der Waals surface area contributed by atoms with Crippen LogP contribution in [-0.4, -0.2) is 5.11 Å². The first-order valence-corrected chi connectivity index (χ1v) is 6.04. The number of hydrogen-bond acceptors (Lipinski definition) is 2. The minimum Gasteiger partial charge on any atom is -0.508 e. The quantitative estimate of drug-likeness (QED) is 0.879. The fourth-order valence-corrected chi connectivity index (χ4v) is 2.02. The molecule has 0 saturated heterocycles. The third kappa shape index (κ3) is 3.84. The van der Waals surface area contributed by atoms with E-state index in [-0.39, 0.29) is 11.8 Å². The van der Waals surface area contributed by atoms with Gasteiger partial charge in [-0.25, -0.2) is 0 Å². The Balaban J connectivity index is 2.72. The van der Waals surface area contributed by atoms with E-state index < -0.39 is 0 Å². The summed E-state index contributed by atoms with van der Waals surface area (Å²) < 4.78 is 0.969. The summed E-state index contributed by atoms with van der Waals surface area (Å²) >= 11 is 3.45. The van der Waals surface area contributed by atoms with E-state index >= 15 is 0 Å². The number of hydrogen-bond donors (Lipinski definition) is 2. The van der Waals surface area contributed by atoms with E-state index in [0.717, 1.165) is 22.9 Å². The van der Waals surface area contributed by atoms with Crippen molar-refractivity contribution in [1.29, 1.82) is 0 Å². The third-order valence-corrected chi connectivity index (χ3v) is 3.16. The van der Waals surface area contributed by atoms with E-state index in [1.54, 1.807) is 12.1 Å². The molecule has 1 atom stereocenters. The van der Waals surface area contributed by atoms with Crippen LogP contribution in [0.5, 0.6) is 5.75 Å². The van der Waals surface area contributed by atoms with Gasteiger partial charge in [0.1, 0.15) is 5.75 Å². The molecule has 84 valence electrons. The molecule has 0 aliphatic rings. The zero-order chi connectivity index (χ0) is 11.4. The highest BCUT2D eigenvalue weighted by atomic mass is 79.9. The van der Waals surface area contributed by atoms with Crippen LogP contribution in [0.15, 0.2) is 22.7 Å². The third-order valence-electron chi connectivity index (χ3n) is 2.43. The first-order chi connectivity index (χ1) is 7.00. The van der Waals surface area contributed by atoms with Gasteiger partial charge in [-0.3, -0.25) is 0 Å². The molecule has 0 unspecified atom stereocenters. The van der Waals surface area contributed by atoms with Gasteiger partial charge in [0.15, 0.2) is 0 Å². The van der Waals surface area contributed by atoms with Gasteiger partial charge < -0.3 is 10.8 Å².